The quantitative estimate of drug-likeness (QED) is 0.345. The van der Waals surface area contributed by atoms with Crippen LogP contribution in [0.4, 0.5) is 11.4 Å². The fourth-order valence-electron chi connectivity index (χ4n) is 1.11. The van der Waals surface area contributed by atoms with E-state index in [4.69, 9.17) is 0 Å². The molecule has 0 atom stereocenters. The molecular formula is C8H7N3O4S. The van der Waals surface area contributed by atoms with Crippen LogP contribution in [0.25, 0.3) is 0 Å². The van der Waals surface area contributed by atoms with E-state index in [1.807, 2.05) is 4.31 Å². The van der Waals surface area contributed by atoms with Gasteiger partial charge in [-0.15, -0.1) is 0 Å². The molecule has 1 aromatic rings. The van der Waals surface area contributed by atoms with Gasteiger partial charge in [0.15, 0.2) is 0 Å². The van der Waals surface area contributed by atoms with Gasteiger partial charge < -0.3 is 0 Å². The molecule has 84 valence electrons. The van der Waals surface area contributed by atoms with E-state index in [1.54, 1.807) is 0 Å². The van der Waals surface area contributed by atoms with Crippen LogP contribution in [-0.2, 0) is 0 Å². The molecule has 1 aliphatic rings. The number of non-ortho nitro benzene ring substituents is 1. The number of hydrogen-bond acceptors (Lipinski definition) is 6. The van der Waals surface area contributed by atoms with Gasteiger partial charge in [-0.2, -0.15) is 0 Å². The van der Waals surface area contributed by atoms with Gasteiger partial charge in [-0.1, -0.05) is 0 Å². The first-order valence-electron chi connectivity index (χ1n) is 4.43. The monoisotopic (exact) mass is 241 g/mol. The maximum atomic E-state index is 10.7. The van der Waals surface area contributed by atoms with E-state index in [-0.39, 0.29) is 11.4 Å². The highest BCUT2D eigenvalue weighted by atomic mass is 32.2. The van der Waals surface area contributed by atoms with Crippen LogP contribution in [0.15, 0.2) is 23.1 Å². The highest BCUT2D eigenvalue weighted by Gasteiger charge is 2.25. The number of rotatable bonds is 4. The third kappa shape index (κ3) is 2.28. The molecule has 1 heterocycles. The number of nitro groups is 2. The van der Waals surface area contributed by atoms with Crippen molar-refractivity contribution in [1.29, 1.82) is 0 Å². The van der Waals surface area contributed by atoms with Gasteiger partial charge in [-0.05, 0) is 18.0 Å². The van der Waals surface area contributed by atoms with Crippen molar-refractivity contribution in [3.05, 3.63) is 38.4 Å². The predicted molar refractivity (Wildman–Crippen MR) is 57.2 cm³/mol. The van der Waals surface area contributed by atoms with Crippen LogP contribution in [0.2, 0.25) is 0 Å². The molecule has 1 saturated heterocycles. The second-order valence-electron chi connectivity index (χ2n) is 3.19. The molecule has 0 spiro atoms. The Labute approximate surface area is 94.5 Å². The molecule has 0 unspecified atom stereocenters. The van der Waals surface area contributed by atoms with Crippen LogP contribution in [-0.4, -0.2) is 27.2 Å². The second kappa shape index (κ2) is 4.06. The molecule has 0 aliphatic carbocycles. The Kier molecular flexibility index (Phi) is 2.75. The molecule has 0 N–H and O–H groups in total. The zero-order chi connectivity index (χ0) is 11.7. The summed E-state index contributed by atoms with van der Waals surface area (Å²) >= 11 is 1.25. The summed E-state index contributed by atoms with van der Waals surface area (Å²) in [4.78, 5) is 20.4. The lowest BCUT2D eigenvalue weighted by Gasteiger charge is -2.01. The SMILES string of the molecule is O=[N+]([O-])c1ccc(SN2CC2)c([N+](=O)[O-])c1. The first-order valence-corrected chi connectivity index (χ1v) is 5.21. The highest BCUT2D eigenvalue weighted by Crippen LogP contribution is 2.36. The summed E-state index contributed by atoms with van der Waals surface area (Å²) in [5.41, 5.74) is -0.479. The zero-order valence-corrected chi connectivity index (χ0v) is 8.85. The molecule has 7 nitrogen and oxygen atoms in total. The molecule has 0 saturated carbocycles. The minimum absolute atomic E-state index is 0.217. The molecule has 1 aromatic carbocycles. The molecule has 1 fully saturated rings. The van der Waals surface area contributed by atoms with Gasteiger partial charge in [-0.25, -0.2) is 4.31 Å². The number of nitrogens with zero attached hydrogens (tertiary/aromatic N) is 3. The molecule has 0 aromatic heterocycles. The van der Waals surface area contributed by atoms with Gasteiger partial charge in [-0.3, -0.25) is 20.2 Å². The van der Waals surface area contributed by atoms with Crippen LogP contribution in [0.5, 0.6) is 0 Å². The lowest BCUT2D eigenvalue weighted by Crippen LogP contribution is -1.95. The predicted octanol–water partition coefficient (Wildman–Crippen LogP) is 1.83. The fraction of sp³-hybridized carbons (Fsp3) is 0.250. The molecular weight excluding hydrogens is 234 g/mol. The lowest BCUT2D eigenvalue weighted by molar-refractivity contribution is -0.396. The Bertz CT molecular complexity index is 461. The minimum Gasteiger partial charge on any atom is -0.258 e. The minimum atomic E-state index is -0.640. The summed E-state index contributed by atoms with van der Waals surface area (Å²) in [5.74, 6) is 0. The Balaban J connectivity index is 2.35. The van der Waals surface area contributed by atoms with Crippen LogP contribution in [0.3, 0.4) is 0 Å². The fourth-order valence-corrected chi connectivity index (χ4v) is 2.01. The topological polar surface area (TPSA) is 89.3 Å². The number of benzene rings is 1. The largest absolute Gasteiger partial charge is 0.291 e. The summed E-state index contributed by atoms with van der Waals surface area (Å²) < 4.78 is 1.92. The van der Waals surface area contributed by atoms with Crippen LogP contribution < -0.4 is 0 Å². The molecule has 0 bridgehead atoms. The molecule has 8 heteroatoms. The van der Waals surface area contributed by atoms with Gasteiger partial charge in [0.05, 0.1) is 15.9 Å². The first kappa shape index (κ1) is 10.8. The lowest BCUT2D eigenvalue weighted by atomic mass is 10.3. The number of nitro benzene ring substituents is 2. The van der Waals surface area contributed by atoms with Crippen molar-refractivity contribution in [2.24, 2.45) is 0 Å². The molecule has 0 amide bonds. The Morgan fingerprint density at radius 2 is 1.88 bits per heavy atom. The van der Waals surface area contributed by atoms with Crippen LogP contribution in [0.1, 0.15) is 0 Å². The Morgan fingerprint density at radius 3 is 2.38 bits per heavy atom. The molecule has 2 rings (SSSR count). The highest BCUT2D eigenvalue weighted by molar-refractivity contribution is 7.97. The number of hydrogen-bond donors (Lipinski definition) is 0. The van der Waals surface area contributed by atoms with E-state index in [9.17, 15) is 20.2 Å². The second-order valence-corrected chi connectivity index (χ2v) is 4.33. The maximum Gasteiger partial charge on any atom is 0.291 e. The van der Waals surface area contributed by atoms with Crippen molar-refractivity contribution in [1.82, 2.24) is 4.31 Å². The standard InChI is InChI=1S/C8H7N3O4S/c12-10(13)6-1-2-8(16-9-3-4-9)7(5-6)11(14)15/h1-2,5H,3-4H2. The molecule has 0 radical (unpaired) electrons. The van der Waals surface area contributed by atoms with Crippen molar-refractivity contribution < 1.29 is 9.85 Å². The van der Waals surface area contributed by atoms with Crippen molar-refractivity contribution in [2.75, 3.05) is 13.1 Å². The summed E-state index contributed by atoms with van der Waals surface area (Å²) in [6.07, 6.45) is 0. The Morgan fingerprint density at radius 1 is 1.19 bits per heavy atom. The van der Waals surface area contributed by atoms with E-state index < -0.39 is 9.85 Å². The summed E-state index contributed by atoms with van der Waals surface area (Å²) in [7, 11) is 0. The van der Waals surface area contributed by atoms with E-state index in [2.05, 4.69) is 0 Å². The van der Waals surface area contributed by atoms with Crippen LogP contribution in [0, 0.1) is 20.2 Å². The average Bonchev–Trinajstić information content (AvgIpc) is 3.01. The van der Waals surface area contributed by atoms with E-state index in [1.165, 1.54) is 24.1 Å². The van der Waals surface area contributed by atoms with Crippen molar-refractivity contribution in [2.45, 2.75) is 4.90 Å². The third-order valence-corrected chi connectivity index (χ3v) is 3.15. The van der Waals surface area contributed by atoms with E-state index >= 15 is 0 Å². The summed E-state index contributed by atoms with van der Waals surface area (Å²) in [6, 6.07) is 3.68. The van der Waals surface area contributed by atoms with Crippen LogP contribution >= 0.6 is 11.9 Å². The van der Waals surface area contributed by atoms with Gasteiger partial charge in [0.1, 0.15) is 4.90 Å². The first-order chi connectivity index (χ1) is 7.58. The van der Waals surface area contributed by atoms with Gasteiger partial charge in [0, 0.05) is 19.2 Å². The van der Waals surface area contributed by atoms with Gasteiger partial charge >= 0.3 is 0 Å². The van der Waals surface area contributed by atoms with Crippen molar-refractivity contribution in [3.63, 3.8) is 0 Å². The summed E-state index contributed by atoms with van der Waals surface area (Å²) in [6.45, 7) is 1.78. The van der Waals surface area contributed by atoms with Gasteiger partial charge in [0.2, 0.25) is 0 Å². The van der Waals surface area contributed by atoms with E-state index in [0.717, 1.165) is 19.2 Å². The third-order valence-electron chi connectivity index (χ3n) is 1.98. The molecule has 16 heavy (non-hydrogen) atoms. The van der Waals surface area contributed by atoms with Crippen molar-refractivity contribution >= 4 is 23.3 Å². The molecule has 1 aliphatic heterocycles. The zero-order valence-electron chi connectivity index (χ0n) is 8.03. The smallest absolute Gasteiger partial charge is 0.258 e. The normalized spacial score (nSPS) is 14.8. The van der Waals surface area contributed by atoms with E-state index in [0.29, 0.717) is 4.90 Å². The summed E-state index contributed by atoms with van der Waals surface area (Å²) in [5, 5.41) is 21.2. The van der Waals surface area contributed by atoms with Gasteiger partial charge in [0.25, 0.3) is 11.4 Å². The Hall–Kier alpha value is -1.67. The maximum absolute atomic E-state index is 10.7. The van der Waals surface area contributed by atoms with Crippen molar-refractivity contribution in [3.8, 4) is 0 Å². The average molecular weight is 241 g/mol.